The van der Waals surface area contributed by atoms with Crippen molar-refractivity contribution in [3.8, 4) is 0 Å². The summed E-state index contributed by atoms with van der Waals surface area (Å²) in [6.07, 6.45) is 3.57. The smallest absolute Gasteiger partial charge is 0.330 e. The SMILES string of the molecule is CCC1(CC)C(=O)NC(=O)N(CC2CCCCO2)C1=O. The fraction of sp³-hybridized carbons (Fsp3) is 0.786. The molecule has 1 N–H and O–H groups in total. The Morgan fingerprint density at radius 2 is 1.95 bits per heavy atom. The van der Waals surface area contributed by atoms with Crippen molar-refractivity contribution in [1.82, 2.24) is 10.2 Å². The summed E-state index contributed by atoms with van der Waals surface area (Å²) in [5.41, 5.74) is -1.11. The Kier molecular flexibility index (Phi) is 4.42. The van der Waals surface area contributed by atoms with E-state index >= 15 is 0 Å². The molecule has 0 bridgehead atoms. The van der Waals surface area contributed by atoms with Crippen LogP contribution in [0.25, 0.3) is 0 Å². The molecule has 1 unspecified atom stereocenters. The Bertz CT molecular complexity index is 411. The predicted molar refractivity (Wildman–Crippen MR) is 71.9 cm³/mol. The van der Waals surface area contributed by atoms with Gasteiger partial charge in [-0.25, -0.2) is 4.79 Å². The second-order valence-electron chi connectivity index (χ2n) is 5.45. The third kappa shape index (κ3) is 2.44. The van der Waals surface area contributed by atoms with Crippen LogP contribution in [0.4, 0.5) is 4.79 Å². The average molecular weight is 282 g/mol. The number of nitrogens with zero attached hydrogens (tertiary/aromatic N) is 1. The molecule has 1 atom stereocenters. The molecule has 112 valence electrons. The van der Waals surface area contributed by atoms with Crippen molar-refractivity contribution in [2.75, 3.05) is 13.2 Å². The number of rotatable bonds is 4. The topological polar surface area (TPSA) is 75.7 Å². The van der Waals surface area contributed by atoms with Crippen LogP contribution in [0.2, 0.25) is 0 Å². The van der Waals surface area contributed by atoms with E-state index in [0.29, 0.717) is 19.4 Å². The lowest BCUT2D eigenvalue weighted by molar-refractivity contribution is -0.153. The second-order valence-corrected chi connectivity index (χ2v) is 5.45. The van der Waals surface area contributed by atoms with E-state index in [2.05, 4.69) is 5.32 Å². The van der Waals surface area contributed by atoms with Gasteiger partial charge in [0.15, 0.2) is 0 Å². The van der Waals surface area contributed by atoms with Crippen molar-refractivity contribution in [1.29, 1.82) is 0 Å². The second kappa shape index (κ2) is 5.91. The molecule has 2 rings (SSSR count). The monoisotopic (exact) mass is 282 g/mol. The highest BCUT2D eigenvalue weighted by atomic mass is 16.5. The van der Waals surface area contributed by atoms with Gasteiger partial charge in [0, 0.05) is 6.61 Å². The van der Waals surface area contributed by atoms with Crippen LogP contribution in [0.15, 0.2) is 0 Å². The van der Waals surface area contributed by atoms with Crippen LogP contribution in [0.3, 0.4) is 0 Å². The first-order valence-corrected chi connectivity index (χ1v) is 7.34. The van der Waals surface area contributed by atoms with E-state index < -0.39 is 17.4 Å². The highest BCUT2D eigenvalue weighted by molar-refractivity contribution is 6.19. The molecule has 0 spiro atoms. The molecule has 6 nitrogen and oxygen atoms in total. The zero-order chi connectivity index (χ0) is 14.8. The molecule has 0 radical (unpaired) electrons. The predicted octanol–water partition coefficient (Wildman–Crippen LogP) is 1.44. The Balaban J connectivity index is 2.16. The normalized spacial score (nSPS) is 26.6. The number of amides is 4. The van der Waals surface area contributed by atoms with E-state index in [1.54, 1.807) is 13.8 Å². The highest BCUT2D eigenvalue weighted by Gasteiger charge is 2.51. The minimum Gasteiger partial charge on any atom is -0.376 e. The zero-order valence-electron chi connectivity index (χ0n) is 12.1. The standard InChI is InChI=1S/C14H22N2O4/c1-3-14(4-2)11(17)15-13(19)16(12(14)18)9-10-7-5-6-8-20-10/h10H,3-9H2,1-2H3,(H,15,17,19). The van der Waals surface area contributed by atoms with Crippen LogP contribution in [0, 0.1) is 5.41 Å². The van der Waals surface area contributed by atoms with Crippen LogP contribution in [0.5, 0.6) is 0 Å². The number of imide groups is 2. The Morgan fingerprint density at radius 3 is 2.50 bits per heavy atom. The van der Waals surface area contributed by atoms with E-state index in [1.807, 2.05) is 0 Å². The lowest BCUT2D eigenvalue weighted by Crippen LogP contribution is -2.64. The molecule has 2 fully saturated rings. The summed E-state index contributed by atoms with van der Waals surface area (Å²) in [4.78, 5) is 37.7. The molecular weight excluding hydrogens is 260 g/mol. The van der Waals surface area contributed by atoms with Crippen molar-refractivity contribution in [3.05, 3.63) is 0 Å². The quantitative estimate of drug-likeness (QED) is 0.792. The minimum absolute atomic E-state index is 0.113. The largest absolute Gasteiger partial charge is 0.376 e. The summed E-state index contributed by atoms with van der Waals surface area (Å²) >= 11 is 0. The molecule has 6 heteroatoms. The van der Waals surface area contributed by atoms with Crippen molar-refractivity contribution in [3.63, 3.8) is 0 Å². The van der Waals surface area contributed by atoms with Crippen molar-refractivity contribution in [2.24, 2.45) is 5.41 Å². The molecule has 20 heavy (non-hydrogen) atoms. The molecule has 0 aromatic rings. The third-order valence-corrected chi connectivity index (χ3v) is 4.42. The fourth-order valence-corrected chi connectivity index (χ4v) is 2.93. The Hall–Kier alpha value is -1.43. The van der Waals surface area contributed by atoms with Gasteiger partial charge >= 0.3 is 6.03 Å². The van der Waals surface area contributed by atoms with E-state index in [-0.39, 0.29) is 18.6 Å². The van der Waals surface area contributed by atoms with Crippen LogP contribution < -0.4 is 5.32 Å². The summed E-state index contributed by atoms with van der Waals surface area (Å²) in [7, 11) is 0. The Labute approximate surface area is 118 Å². The summed E-state index contributed by atoms with van der Waals surface area (Å²) in [5.74, 6) is -0.858. The molecule has 2 aliphatic heterocycles. The first kappa shape index (κ1) is 15.0. The van der Waals surface area contributed by atoms with Crippen molar-refractivity contribution in [2.45, 2.75) is 52.1 Å². The van der Waals surface area contributed by atoms with Crippen LogP contribution in [0.1, 0.15) is 46.0 Å². The lowest BCUT2D eigenvalue weighted by Gasteiger charge is -2.39. The summed E-state index contributed by atoms with van der Waals surface area (Å²) in [5, 5.41) is 2.31. The third-order valence-electron chi connectivity index (χ3n) is 4.42. The van der Waals surface area contributed by atoms with Gasteiger partial charge in [-0.05, 0) is 32.1 Å². The highest BCUT2D eigenvalue weighted by Crippen LogP contribution is 2.32. The molecule has 0 aromatic carbocycles. The van der Waals surface area contributed by atoms with Gasteiger partial charge in [0.05, 0.1) is 12.6 Å². The number of ether oxygens (including phenoxy) is 1. The van der Waals surface area contributed by atoms with Crippen LogP contribution in [-0.4, -0.2) is 42.0 Å². The van der Waals surface area contributed by atoms with Crippen LogP contribution >= 0.6 is 0 Å². The van der Waals surface area contributed by atoms with E-state index in [0.717, 1.165) is 24.2 Å². The van der Waals surface area contributed by atoms with E-state index in [9.17, 15) is 14.4 Å². The number of barbiturate groups is 1. The average Bonchev–Trinajstić information content (AvgIpc) is 2.46. The molecule has 4 amide bonds. The van der Waals surface area contributed by atoms with Gasteiger partial charge in [-0.2, -0.15) is 0 Å². The summed E-state index contributed by atoms with van der Waals surface area (Å²) in [6.45, 7) is 4.50. The first-order valence-electron chi connectivity index (χ1n) is 7.34. The number of urea groups is 1. The minimum atomic E-state index is -1.11. The molecular formula is C14H22N2O4. The van der Waals surface area contributed by atoms with E-state index in [1.165, 1.54) is 0 Å². The number of hydrogen-bond donors (Lipinski definition) is 1. The van der Waals surface area contributed by atoms with Gasteiger partial charge in [0.25, 0.3) is 0 Å². The lowest BCUT2D eigenvalue weighted by atomic mass is 9.78. The summed E-state index contributed by atoms with van der Waals surface area (Å²) < 4.78 is 5.58. The number of nitrogens with one attached hydrogen (secondary N) is 1. The molecule has 2 saturated heterocycles. The molecule has 0 saturated carbocycles. The van der Waals surface area contributed by atoms with Gasteiger partial charge in [-0.3, -0.25) is 19.8 Å². The first-order chi connectivity index (χ1) is 9.55. The maximum Gasteiger partial charge on any atom is 0.330 e. The van der Waals surface area contributed by atoms with E-state index in [4.69, 9.17) is 4.74 Å². The zero-order valence-corrected chi connectivity index (χ0v) is 12.1. The molecule has 0 aromatic heterocycles. The molecule has 0 aliphatic carbocycles. The van der Waals surface area contributed by atoms with Gasteiger partial charge in [0.2, 0.25) is 11.8 Å². The molecule has 2 aliphatic rings. The fourth-order valence-electron chi connectivity index (χ4n) is 2.93. The summed E-state index contributed by atoms with van der Waals surface area (Å²) in [6, 6.07) is -0.619. The number of carbonyl (C=O) groups excluding carboxylic acids is 3. The molecule has 2 heterocycles. The Morgan fingerprint density at radius 1 is 1.25 bits per heavy atom. The maximum absolute atomic E-state index is 12.6. The van der Waals surface area contributed by atoms with Gasteiger partial charge in [-0.15, -0.1) is 0 Å². The van der Waals surface area contributed by atoms with Gasteiger partial charge in [0.1, 0.15) is 5.41 Å². The number of hydrogen-bond acceptors (Lipinski definition) is 4. The van der Waals surface area contributed by atoms with Crippen molar-refractivity contribution < 1.29 is 19.1 Å². The van der Waals surface area contributed by atoms with Crippen LogP contribution in [-0.2, 0) is 14.3 Å². The van der Waals surface area contributed by atoms with Crippen molar-refractivity contribution >= 4 is 17.8 Å². The number of carbonyl (C=O) groups is 3. The van der Waals surface area contributed by atoms with Gasteiger partial charge in [-0.1, -0.05) is 13.8 Å². The van der Waals surface area contributed by atoms with Gasteiger partial charge < -0.3 is 4.74 Å². The maximum atomic E-state index is 12.6.